The molecule has 0 bridgehead atoms. The fourth-order valence-corrected chi connectivity index (χ4v) is 3.24. The van der Waals surface area contributed by atoms with Gasteiger partial charge in [0.25, 0.3) is 10.1 Å². The van der Waals surface area contributed by atoms with Gasteiger partial charge in [-0.3, -0.25) is 4.18 Å². The number of benzene rings is 2. The van der Waals surface area contributed by atoms with E-state index in [1.807, 2.05) is 48.5 Å². The second-order valence-corrected chi connectivity index (χ2v) is 7.32. The normalized spacial score (nSPS) is 11.9. The Bertz CT molecular complexity index is 834. The minimum Gasteiger partial charge on any atom is -0.265 e. The molecule has 0 aliphatic heterocycles. The molecular formula is C15H13NO3S2. The third-order valence-corrected chi connectivity index (χ3v) is 4.57. The van der Waals surface area contributed by atoms with Gasteiger partial charge in [-0.2, -0.15) is 8.42 Å². The Kier molecular flexibility index (Phi) is 3.75. The Labute approximate surface area is 127 Å². The molecule has 0 N–H and O–H groups in total. The molecule has 6 heteroatoms. The molecule has 0 aliphatic rings. The van der Waals surface area contributed by atoms with E-state index in [1.54, 1.807) is 11.3 Å². The lowest BCUT2D eigenvalue weighted by Gasteiger charge is -2.02. The second kappa shape index (κ2) is 5.55. The first-order valence-corrected chi connectivity index (χ1v) is 8.94. The number of fused-ring (bicyclic) bond motifs is 1. The van der Waals surface area contributed by atoms with Crippen LogP contribution in [0.15, 0.2) is 48.5 Å². The van der Waals surface area contributed by atoms with Crippen LogP contribution in [0.2, 0.25) is 0 Å². The van der Waals surface area contributed by atoms with Gasteiger partial charge in [-0.25, -0.2) is 4.98 Å². The second-order valence-electron chi connectivity index (χ2n) is 4.65. The van der Waals surface area contributed by atoms with Crippen LogP contribution in [0.3, 0.4) is 0 Å². The van der Waals surface area contributed by atoms with Crippen molar-refractivity contribution in [3.63, 3.8) is 0 Å². The van der Waals surface area contributed by atoms with E-state index in [4.69, 9.17) is 4.18 Å². The average Bonchev–Trinajstić information content (AvgIpc) is 2.89. The Hall–Kier alpha value is -1.76. The summed E-state index contributed by atoms with van der Waals surface area (Å²) in [5, 5.41) is 0.951. The van der Waals surface area contributed by atoms with Crippen molar-refractivity contribution < 1.29 is 12.6 Å². The molecule has 1 aromatic heterocycles. The van der Waals surface area contributed by atoms with Gasteiger partial charge in [0, 0.05) is 5.56 Å². The van der Waals surface area contributed by atoms with Crippen LogP contribution in [0.5, 0.6) is 0 Å². The molecule has 2 aromatic carbocycles. The van der Waals surface area contributed by atoms with E-state index >= 15 is 0 Å². The van der Waals surface area contributed by atoms with Gasteiger partial charge >= 0.3 is 0 Å². The summed E-state index contributed by atoms with van der Waals surface area (Å²) in [6.45, 7) is 0.0545. The van der Waals surface area contributed by atoms with Crippen LogP contribution in [0.25, 0.3) is 20.8 Å². The first kappa shape index (κ1) is 14.2. The largest absolute Gasteiger partial charge is 0.265 e. The van der Waals surface area contributed by atoms with Gasteiger partial charge in [0.2, 0.25) is 0 Å². The van der Waals surface area contributed by atoms with Crippen LogP contribution in [0, 0.1) is 0 Å². The Morgan fingerprint density at radius 2 is 1.81 bits per heavy atom. The zero-order chi connectivity index (χ0) is 14.9. The van der Waals surface area contributed by atoms with Gasteiger partial charge in [0.15, 0.2) is 0 Å². The smallest absolute Gasteiger partial charge is 0.264 e. The standard InChI is InChI=1S/C15H13NO3S2/c1-21(17,18)19-10-11-6-8-12(9-7-11)15-16-13-4-2-3-5-14(13)20-15/h2-9H,10H2,1H3. The van der Waals surface area contributed by atoms with E-state index in [0.717, 1.165) is 32.6 Å². The predicted octanol–water partition coefficient (Wildman–Crippen LogP) is 3.44. The molecule has 0 amide bonds. The third-order valence-electron chi connectivity index (χ3n) is 2.93. The Morgan fingerprint density at radius 1 is 1.10 bits per heavy atom. The van der Waals surface area contributed by atoms with Gasteiger partial charge < -0.3 is 0 Å². The SMILES string of the molecule is CS(=O)(=O)OCc1ccc(-c2nc3ccccc3s2)cc1. The maximum Gasteiger partial charge on any atom is 0.264 e. The van der Waals surface area contributed by atoms with Crippen molar-refractivity contribution in [2.24, 2.45) is 0 Å². The molecule has 4 nitrogen and oxygen atoms in total. The van der Waals surface area contributed by atoms with Crippen molar-refractivity contribution in [3.05, 3.63) is 54.1 Å². The molecule has 0 aliphatic carbocycles. The maximum absolute atomic E-state index is 11.0. The third kappa shape index (κ3) is 3.47. The lowest BCUT2D eigenvalue weighted by molar-refractivity contribution is 0.312. The monoisotopic (exact) mass is 319 g/mol. The van der Waals surface area contributed by atoms with Gasteiger partial charge in [0.05, 0.1) is 23.1 Å². The van der Waals surface area contributed by atoms with Crippen molar-refractivity contribution in [3.8, 4) is 10.6 Å². The molecule has 3 aromatic rings. The quantitative estimate of drug-likeness (QED) is 0.691. The summed E-state index contributed by atoms with van der Waals surface area (Å²) in [5.41, 5.74) is 2.81. The van der Waals surface area contributed by atoms with E-state index < -0.39 is 10.1 Å². The van der Waals surface area contributed by atoms with Gasteiger partial charge in [0.1, 0.15) is 5.01 Å². The van der Waals surface area contributed by atoms with Crippen LogP contribution >= 0.6 is 11.3 Å². The molecule has 0 saturated carbocycles. The van der Waals surface area contributed by atoms with Gasteiger partial charge in [-0.15, -0.1) is 11.3 Å². The predicted molar refractivity (Wildman–Crippen MR) is 84.7 cm³/mol. The number of aromatic nitrogens is 1. The topological polar surface area (TPSA) is 56.3 Å². The number of nitrogens with zero attached hydrogens (tertiary/aromatic N) is 1. The van der Waals surface area contributed by atoms with Crippen LogP contribution in [0.4, 0.5) is 0 Å². The molecule has 0 radical (unpaired) electrons. The Morgan fingerprint density at radius 3 is 2.48 bits per heavy atom. The van der Waals surface area contributed by atoms with Crippen LogP contribution in [0.1, 0.15) is 5.56 Å². The molecule has 108 valence electrons. The fraction of sp³-hybridized carbons (Fsp3) is 0.133. The molecular weight excluding hydrogens is 306 g/mol. The van der Waals surface area contributed by atoms with Crippen molar-refractivity contribution in [1.82, 2.24) is 4.98 Å². The average molecular weight is 319 g/mol. The zero-order valence-electron chi connectivity index (χ0n) is 11.3. The summed E-state index contributed by atoms with van der Waals surface area (Å²) < 4.78 is 27.8. The summed E-state index contributed by atoms with van der Waals surface area (Å²) >= 11 is 1.64. The van der Waals surface area contributed by atoms with E-state index in [0.29, 0.717) is 0 Å². The van der Waals surface area contributed by atoms with Crippen LogP contribution in [-0.2, 0) is 20.9 Å². The van der Waals surface area contributed by atoms with Gasteiger partial charge in [-0.05, 0) is 17.7 Å². The van der Waals surface area contributed by atoms with Gasteiger partial charge in [-0.1, -0.05) is 36.4 Å². The highest BCUT2D eigenvalue weighted by Crippen LogP contribution is 2.30. The highest BCUT2D eigenvalue weighted by Gasteiger charge is 2.07. The van der Waals surface area contributed by atoms with Crippen LogP contribution in [-0.4, -0.2) is 19.7 Å². The van der Waals surface area contributed by atoms with E-state index in [-0.39, 0.29) is 6.61 Å². The molecule has 0 fully saturated rings. The molecule has 0 unspecified atom stereocenters. The maximum atomic E-state index is 11.0. The molecule has 0 spiro atoms. The number of hydrogen-bond acceptors (Lipinski definition) is 5. The van der Waals surface area contributed by atoms with E-state index in [2.05, 4.69) is 4.98 Å². The van der Waals surface area contributed by atoms with Crippen molar-refractivity contribution in [2.75, 3.05) is 6.26 Å². The van der Waals surface area contributed by atoms with Crippen molar-refractivity contribution >= 4 is 31.7 Å². The summed E-state index contributed by atoms with van der Waals surface area (Å²) in [5.74, 6) is 0. The highest BCUT2D eigenvalue weighted by atomic mass is 32.2. The molecule has 3 rings (SSSR count). The summed E-state index contributed by atoms with van der Waals surface area (Å²) in [6, 6.07) is 15.6. The van der Waals surface area contributed by atoms with Crippen LogP contribution < -0.4 is 0 Å². The number of thiazole rings is 1. The summed E-state index contributed by atoms with van der Waals surface area (Å²) in [7, 11) is -3.41. The highest BCUT2D eigenvalue weighted by molar-refractivity contribution is 7.85. The van der Waals surface area contributed by atoms with E-state index in [1.165, 1.54) is 0 Å². The number of rotatable bonds is 4. The minimum absolute atomic E-state index is 0.0545. The lowest BCUT2D eigenvalue weighted by Crippen LogP contribution is -2.02. The molecule has 21 heavy (non-hydrogen) atoms. The zero-order valence-corrected chi connectivity index (χ0v) is 12.9. The summed E-state index contributed by atoms with van der Waals surface area (Å²) in [6.07, 6.45) is 1.04. The van der Waals surface area contributed by atoms with E-state index in [9.17, 15) is 8.42 Å². The number of hydrogen-bond donors (Lipinski definition) is 0. The molecule has 0 saturated heterocycles. The molecule has 1 heterocycles. The summed E-state index contributed by atoms with van der Waals surface area (Å²) in [4.78, 5) is 4.59. The Balaban J connectivity index is 1.83. The minimum atomic E-state index is -3.41. The first-order chi connectivity index (χ1) is 10.0. The fourth-order valence-electron chi connectivity index (χ4n) is 1.91. The number of para-hydroxylation sites is 1. The van der Waals surface area contributed by atoms with Crippen molar-refractivity contribution in [2.45, 2.75) is 6.61 Å². The lowest BCUT2D eigenvalue weighted by atomic mass is 10.1. The first-order valence-electron chi connectivity index (χ1n) is 6.30. The molecule has 0 atom stereocenters. The van der Waals surface area contributed by atoms with Crippen molar-refractivity contribution in [1.29, 1.82) is 0 Å².